The Labute approximate surface area is 88.3 Å². The zero-order valence-electron chi connectivity index (χ0n) is 8.54. The summed E-state index contributed by atoms with van der Waals surface area (Å²) >= 11 is 1.54. The van der Waals surface area contributed by atoms with Crippen LogP contribution in [0.25, 0.3) is 0 Å². The van der Waals surface area contributed by atoms with Gasteiger partial charge in [-0.1, -0.05) is 6.92 Å². The van der Waals surface area contributed by atoms with E-state index in [-0.39, 0.29) is 11.9 Å². The van der Waals surface area contributed by atoms with Crippen LogP contribution in [-0.2, 0) is 0 Å². The van der Waals surface area contributed by atoms with Crippen LogP contribution >= 0.6 is 11.3 Å². The molecule has 0 fully saturated rings. The summed E-state index contributed by atoms with van der Waals surface area (Å²) in [4.78, 5) is 11.7. The Balaban J connectivity index is 2.63. The van der Waals surface area contributed by atoms with E-state index < -0.39 is 0 Å². The fraction of sp³-hybridized carbons (Fsp3) is 0.500. The van der Waals surface area contributed by atoms with Gasteiger partial charge < -0.3 is 11.1 Å². The highest BCUT2D eigenvalue weighted by molar-refractivity contribution is 7.08. The summed E-state index contributed by atoms with van der Waals surface area (Å²) in [6.45, 7) is 4.44. The van der Waals surface area contributed by atoms with Crippen molar-refractivity contribution < 1.29 is 4.79 Å². The Kier molecular flexibility index (Phi) is 4.10. The molecule has 1 atom stereocenters. The minimum atomic E-state index is -0.0129. The van der Waals surface area contributed by atoms with Crippen molar-refractivity contribution in [2.45, 2.75) is 26.3 Å². The molecule has 1 unspecified atom stereocenters. The molecule has 0 aliphatic heterocycles. The summed E-state index contributed by atoms with van der Waals surface area (Å²) in [6, 6.07) is 0.0850. The smallest absolute Gasteiger partial charge is 0.252 e. The second-order valence-corrected chi connectivity index (χ2v) is 4.03. The highest BCUT2D eigenvalue weighted by Crippen LogP contribution is 2.13. The van der Waals surface area contributed by atoms with Crippen LogP contribution in [0.3, 0.4) is 0 Å². The lowest BCUT2D eigenvalue weighted by Crippen LogP contribution is -2.39. The summed E-state index contributed by atoms with van der Waals surface area (Å²) < 4.78 is 0. The summed E-state index contributed by atoms with van der Waals surface area (Å²) in [7, 11) is 0. The van der Waals surface area contributed by atoms with E-state index >= 15 is 0 Å². The van der Waals surface area contributed by atoms with Gasteiger partial charge in [-0.3, -0.25) is 4.79 Å². The van der Waals surface area contributed by atoms with Gasteiger partial charge in [0.2, 0.25) is 0 Å². The molecule has 1 amide bonds. The standard InChI is InChI=1S/C10H16N2OS/c1-3-8(4-11)12-10(13)9-6-14-5-7(9)2/h5-6,8H,3-4,11H2,1-2H3,(H,12,13). The first-order chi connectivity index (χ1) is 6.69. The number of thiophene rings is 1. The number of nitrogens with one attached hydrogen (secondary N) is 1. The third-order valence-electron chi connectivity index (χ3n) is 2.21. The number of carbonyl (C=O) groups is 1. The van der Waals surface area contributed by atoms with Crippen LogP contribution in [0.15, 0.2) is 10.8 Å². The monoisotopic (exact) mass is 212 g/mol. The largest absolute Gasteiger partial charge is 0.348 e. The predicted molar refractivity (Wildman–Crippen MR) is 59.7 cm³/mol. The first-order valence-corrected chi connectivity index (χ1v) is 5.67. The van der Waals surface area contributed by atoms with E-state index in [1.807, 2.05) is 24.6 Å². The second-order valence-electron chi connectivity index (χ2n) is 3.28. The first kappa shape index (κ1) is 11.2. The lowest BCUT2D eigenvalue weighted by molar-refractivity contribution is 0.0937. The number of nitrogens with two attached hydrogens (primary N) is 1. The van der Waals surface area contributed by atoms with E-state index in [0.717, 1.165) is 17.5 Å². The van der Waals surface area contributed by atoms with Crippen molar-refractivity contribution in [2.75, 3.05) is 6.54 Å². The second kappa shape index (κ2) is 5.12. The summed E-state index contributed by atoms with van der Waals surface area (Å²) in [5.74, 6) is -0.0129. The molecule has 1 aromatic heterocycles. The molecule has 0 aliphatic rings. The van der Waals surface area contributed by atoms with Crippen LogP contribution in [-0.4, -0.2) is 18.5 Å². The third-order valence-corrected chi connectivity index (χ3v) is 3.07. The highest BCUT2D eigenvalue weighted by Gasteiger charge is 2.12. The van der Waals surface area contributed by atoms with Crippen molar-refractivity contribution in [1.29, 1.82) is 0 Å². The van der Waals surface area contributed by atoms with E-state index in [2.05, 4.69) is 5.32 Å². The topological polar surface area (TPSA) is 55.1 Å². The molecule has 4 heteroatoms. The summed E-state index contributed by atoms with van der Waals surface area (Å²) in [5, 5.41) is 6.74. The maximum atomic E-state index is 11.7. The van der Waals surface area contributed by atoms with Crippen molar-refractivity contribution in [3.8, 4) is 0 Å². The number of rotatable bonds is 4. The van der Waals surface area contributed by atoms with Crippen molar-refractivity contribution in [3.63, 3.8) is 0 Å². The molecule has 0 radical (unpaired) electrons. The molecule has 0 aliphatic carbocycles. The number of amides is 1. The molecule has 14 heavy (non-hydrogen) atoms. The van der Waals surface area contributed by atoms with Crippen molar-refractivity contribution in [2.24, 2.45) is 5.73 Å². The molecule has 3 nitrogen and oxygen atoms in total. The Bertz CT molecular complexity index is 305. The lowest BCUT2D eigenvalue weighted by atomic mass is 10.1. The Morgan fingerprint density at radius 1 is 1.64 bits per heavy atom. The fourth-order valence-electron chi connectivity index (χ4n) is 1.18. The average Bonchev–Trinajstić information content (AvgIpc) is 2.60. The molecular weight excluding hydrogens is 196 g/mol. The molecular formula is C10H16N2OS. The number of hydrogen-bond acceptors (Lipinski definition) is 3. The Hall–Kier alpha value is -0.870. The average molecular weight is 212 g/mol. The van der Waals surface area contributed by atoms with E-state index in [4.69, 9.17) is 5.73 Å². The van der Waals surface area contributed by atoms with Crippen molar-refractivity contribution in [3.05, 3.63) is 21.9 Å². The molecule has 0 spiro atoms. The molecule has 1 rings (SSSR count). The first-order valence-electron chi connectivity index (χ1n) is 4.72. The molecule has 3 N–H and O–H groups in total. The summed E-state index contributed by atoms with van der Waals surface area (Å²) in [6.07, 6.45) is 0.866. The SMILES string of the molecule is CCC(CN)NC(=O)c1cscc1C. The van der Waals surface area contributed by atoms with Gasteiger partial charge in [-0.2, -0.15) is 11.3 Å². The van der Waals surface area contributed by atoms with Gasteiger partial charge in [0.1, 0.15) is 0 Å². The minimum absolute atomic E-state index is 0.0129. The maximum Gasteiger partial charge on any atom is 0.252 e. The van der Waals surface area contributed by atoms with Crippen LogP contribution in [0.1, 0.15) is 29.3 Å². The number of carbonyl (C=O) groups excluding carboxylic acids is 1. The van der Waals surface area contributed by atoms with Gasteiger partial charge in [0.15, 0.2) is 0 Å². The van der Waals surface area contributed by atoms with E-state index in [0.29, 0.717) is 6.54 Å². The predicted octanol–water partition coefficient (Wildman–Crippen LogP) is 1.52. The van der Waals surface area contributed by atoms with Gasteiger partial charge in [-0.05, 0) is 24.3 Å². The Morgan fingerprint density at radius 3 is 2.79 bits per heavy atom. The number of hydrogen-bond donors (Lipinski definition) is 2. The molecule has 78 valence electrons. The summed E-state index contributed by atoms with van der Waals surface area (Å²) in [5.41, 5.74) is 7.30. The van der Waals surface area contributed by atoms with Gasteiger partial charge in [-0.15, -0.1) is 0 Å². The molecule has 1 aromatic rings. The van der Waals surface area contributed by atoms with Crippen LogP contribution in [0, 0.1) is 6.92 Å². The molecule has 0 aromatic carbocycles. The highest BCUT2D eigenvalue weighted by atomic mass is 32.1. The van der Waals surface area contributed by atoms with E-state index in [1.54, 1.807) is 11.3 Å². The van der Waals surface area contributed by atoms with Crippen molar-refractivity contribution in [1.82, 2.24) is 5.32 Å². The van der Waals surface area contributed by atoms with Gasteiger partial charge in [0.25, 0.3) is 5.91 Å². The Morgan fingerprint density at radius 2 is 2.36 bits per heavy atom. The van der Waals surface area contributed by atoms with Crippen LogP contribution < -0.4 is 11.1 Å². The molecule has 0 bridgehead atoms. The van der Waals surface area contributed by atoms with Crippen LogP contribution in [0.2, 0.25) is 0 Å². The number of aryl methyl sites for hydroxylation is 1. The third kappa shape index (κ3) is 2.56. The van der Waals surface area contributed by atoms with Crippen LogP contribution in [0.5, 0.6) is 0 Å². The van der Waals surface area contributed by atoms with Gasteiger partial charge in [0, 0.05) is 18.0 Å². The fourth-order valence-corrected chi connectivity index (χ4v) is 2.01. The zero-order chi connectivity index (χ0) is 10.6. The van der Waals surface area contributed by atoms with E-state index in [9.17, 15) is 4.79 Å². The van der Waals surface area contributed by atoms with Crippen LogP contribution in [0.4, 0.5) is 0 Å². The van der Waals surface area contributed by atoms with E-state index in [1.165, 1.54) is 0 Å². The minimum Gasteiger partial charge on any atom is -0.348 e. The van der Waals surface area contributed by atoms with Gasteiger partial charge in [-0.25, -0.2) is 0 Å². The van der Waals surface area contributed by atoms with Gasteiger partial charge in [0.05, 0.1) is 5.56 Å². The van der Waals surface area contributed by atoms with Gasteiger partial charge >= 0.3 is 0 Å². The maximum absolute atomic E-state index is 11.7. The molecule has 0 saturated heterocycles. The normalized spacial score (nSPS) is 12.5. The van der Waals surface area contributed by atoms with Crippen molar-refractivity contribution >= 4 is 17.2 Å². The molecule has 0 saturated carbocycles. The molecule has 1 heterocycles. The lowest BCUT2D eigenvalue weighted by Gasteiger charge is -2.14. The zero-order valence-corrected chi connectivity index (χ0v) is 9.36. The quantitative estimate of drug-likeness (QED) is 0.795.